The minimum absolute atomic E-state index is 0.766. The third-order valence-electron chi connectivity index (χ3n) is 0.808. The van der Waals surface area contributed by atoms with Crippen LogP contribution in [-0.4, -0.2) is 27.9 Å². The topological polar surface area (TPSA) is 91.7 Å². The standard InChI is InChI=1S/C7H6O5/c8-5(7(11)12)3-1-2-4-6(9)10/h1-4H,(H,9,10)(H,11,12). The van der Waals surface area contributed by atoms with Gasteiger partial charge in [-0.3, -0.25) is 4.79 Å². The van der Waals surface area contributed by atoms with Crippen molar-refractivity contribution >= 4 is 17.7 Å². The Morgan fingerprint density at radius 1 is 0.917 bits per heavy atom. The zero-order valence-corrected chi connectivity index (χ0v) is 5.93. The predicted octanol–water partition coefficient (Wildman–Crippen LogP) is -0.163. The fraction of sp³-hybridized carbons (Fsp3) is 0. The Labute approximate surface area is 67.6 Å². The average Bonchev–Trinajstić information content (AvgIpc) is 1.97. The van der Waals surface area contributed by atoms with Crippen LogP contribution < -0.4 is 0 Å². The summed E-state index contributed by atoms with van der Waals surface area (Å²) in [6, 6.07) is 0. The van der Waals surface area contributed by atoms with Crippen molar-refractivity contribution in [2.24, 2.45) is 0 Å². The average molecular weight is 170 g/mol. The molecule has 0 amide bonds. The summed E-state index contributed by atoms with van der Waals surface area (Å²) in [7, 11) is 0. The van der Waals surface area contributed by atoms with Crippen LogP contribution >= 0.6 is 0 Å². The van der Waals surface area contributed by atoms with Gasteiger partial charge in [-0.15, -0.1) is 0 Å². The molecule has 0 unspecified atom stereocenters. The molecule has 0 aromatic rings. The normalized spacial score (nSPS) is 10.7. The van der Waals surface area contributed by atoms with Gasteiger partial charge in [0.2, 0.25) is 0 Å². The molecule has 64 valence electrons. The van der Waals surface area contributed by atoms with Crippen LogP contribution in [0.5, 0.6) is 0 Å². The zero-order valence-electron chi connectivity index (χ0n) is 5.93. The monoisotopic (exact) mass is 170 g/mol. The third kappa shape index (κ3) is 4.92. The van der Waals surface area contributed by atoms with E-state index in [9.17, 15) is 14.4 Å². The van der Waals surface area contributed by atoms with Crippen molar-refractivity contribution in [3.05, 3.63) is 24.3 Å². The molecule has 0 heterocycles. The number of carbonyl (C=O) groups is 3. The van der Waals surface area contributed by atoms with Gasteiger partial charge in [-0.25, -0.2) is 9.59 Å². The van der Waals surface area contributed by atoms with Crippen molar-refractivity contribution in [3.63, 3.8) is 0 Å². The summed E-state index contributed by atoms with van der Waals surface area (Å²) in [6.45, 7) is 0. The second-order valence-electron chi connectivity index (χ2n) is 1.73. The number of carboxylic acid groups (broad SMARTS) is 2. The lowest BCUT2D eigenvalue weighted by Crippen LogP contribution is -2.08. The predicted molar refractivity (Wildman–Crippen MR) is 38.6 cm³/mol. The molecule has 5 heteroatoms. The zero-order chi connectivity index (χ0) is 9.56. The lowest BCUT2D eigenvalue weighted by atomic mass is 10.3. The van der Waals surface area contributed by atoms with E-state index in [1.54, 1.807) is 0 Å². The maximum absolute atomic E-state index is 10.3. The number of carboxylic acids is 2. The summed E-state index contributed by atoms with van der Waals surface area (Å²) in [5, 5.41) is 16.1. The van der Waals surface area contributed by atoms with Crippen LogP contribution in [0.2, 0.25) is 0 Å². The van der Waals surface area contributed by atoms with Crippen LogP contribution in [0.15, 0.2) is 24.3 Å². The van der Waals surface area contributed by atoms with E-state index in [0.717, 1.165) is 24.3 Å². The molecule has 0 bridgehead atoms. The van der Waals surface area contributed by atoms with E-state index in [2.05, 4.69) is 0 Å². The Morgan fingerprint density at radius 2 is 1.42 bits per heavy atom. The van der Waals surface area contributed by atoms with E-state index in [0.29, 0.717) is 0 Å². The first-order valence-corrected chi connectivity index (χ1v) is 2.89. The summed E-state index contributed by atoms with van der Waals surface area (Å²) >= 11 is 0. The minimum Gasteiger partial charge on any atom is -0.478 e. The first-order chi connectivity index (χ1) is 5.54. The summed E-state index contributed by atoms with van der Waals surface area (Å²) in [4.78, 5) is 30.1. The molecule has 0 aliphatic heterocycles. The quantitative estimate of drug-likeness (QED) is 0.347. The van der Waals surface area contributed by atoms with Gasteiger partial charge in [0.1, 0.15) is 0 Å². The number of allylic oxidation sites excluding steroid dienone is 2. The largest absolute Gasteiger partial charge is 0.478 e. The number of hydrogen-bond acceptors (Lipinski definition) is 3. The van der Waals surface area contributed by atoms with E-state index >= 15 is 0 Å². The van der Waals surface area contributed by atoms with E-state index in [1.807, 2.05) is 0 Å². The first kappa shape index (κ1) is 10.1. The maximum Gasteiger partial charge on any atom is 0.376 e. The minimum atomic E-state index is -1.57. The molecule has 2 N–H and O–H groups in total. The highest BCUT2D eigenvalue weighted by Gasteiger charge is 2.04. The second-order valence-corrected chi connectivity index (χ2v) is 1.73. The Hall–Kier alpha value is -1.91. The third-order valence-corrected chi connectivity index (χ3v) is 0.808. The van der Waals surface area contributed by atoms with Gasteiger partial charge >= 0.3 is 11.9 Å². The first-order valence-electron chi connectivity index (χ1n) is 2.89. The number of ketones is 1. The van der Waals surface area contributed by atoms with Crippen LogP contribution in [0, 0.1) is 0 Å². The lowest BCUT2D eigenvalue weighted by Gasteiger charge is -1.80. The fourth-order valence-corrected chi connectivity index (χ4v) is 0.352. The van der Waals surface area contributed by atoms with Gasteiger partial charge in [-0.1, -0.05) is 12.2 Å². The van der Waals surface area contributed by atoms with Crippen molar-refractivity contribution in [3.8, 4) is 0 Å². The van der Waals surface area contributed by atoms with Crippen LogP contribution in [-0.2, 0) is 14.4 Å². The number of rotatable bonds is 4. The number of hydrogen-bond donors (Lipinski definition) is 2. The molecule has 0 aliphatic rings. The summed E-state index contributed by atoms with van der Waals surface area (Å²) < 4.78 is 0. The maximum atomic E-state index is 10.3. The van der Waals surface area contributed by atoms with Crippen LogP contribution in [0.25, 0.3) is 0 Å². The van der Waals surface area contributed by atoms with Crippen molar-refractivity contribution < 1.29 is 24.6 Å². The highest BCUT2D eigenvalue weighted by atomic mass is 16.4. The number of aliphatic carboxylic acids is 2. The lowest BCUT2D eigenvalue weighted by molar-refractivity contribution is -0.146. The molecule has 0 aromatic carbocycles. The van der Waals surface area contributed by atoms with Crippen molar-refractivity contribution in [1.29, 1.82) is 0 Å². The van der Waals surface area contributed by atoms with Gasteiger partial charge in [-0.2, -0.15) is 0 Å². The molecule has 0 atom stereocenters. The number of carbonyl (C=O) groups excluding carboxylic acids is 1. The molecule has 0 saturated carbocycles. The van der Waals surface area contributed by atoms with E-state index in [4.69, 9.17) is 10.2 Å². The molecule has 0 rings (SSSR count). The molecule has 5 nitrogen and oxygen atoms in total. The molecule has 0 radical (unpaired) electrons. The molecule has 0 aromatic heterocycles. The van der Waals surface area contributed by atoms with E-state index in [1.165, 1.54) is 0 Å². The van der Waals surface area contributed by atoms with Crippen molar-refractivity contribution in [1.82, 2.24) is 0 Å². The van der Waals surface area contributed by atoms with Crippen molar-refractivity contribution in [2.45, 2.75) is 0 Å². The highest BCUT2D eigenvalue weighted by Crippen LogP contribution is 1.80. The Balaban J connectivity index is 4.01. The highest BCUT2D eigenvalue weighted by molar-refractivity contribution is 6.37. The Kier molecular flexibility index (Phi) is 4.07. The molecular weight excluding hydrogens is 164 g/mol. The van der Waals surface area contributed by atoms with Crippen LogP contribution in [0.4, 0.5) is 0 Å². The summed E-state index contributed by atoms with van der Waals surface area (Å²) in [5.41, 5.74) is 0. The van der Waals surface area contributed by atoms with E-state index < -0.39 is 17.7 Å². The smallest absolute Gasteiger partial charge is 0.376 e. The van der Waals surface area contributed by atoms with Gasteiger partial charge in [-0.05, 0) is 6.08 Å². The molecule has 0 aliphatic carbocycles. The van der Waals surface area contributed by atoms with Gasteiger partial charge in [0.25, 0.3) is 5.78 Å². The molecule has 12 heavy (non-hydrogen) atoms. The van der Waals surface area contributed by atoms with Gasteiger partial charge in [0.05, 0.1) is 0 Å². The summed E-state index contributed by atoms with van der Waals surface area (Å²) in [5.74, 6) is -3.83. The van der Waals surface area contributed by atoms with Gasteiger partial charge < -0.3 is 10.2 Å². The van der Waals surface area contributed by atoms with Crippen molar-refractivity contribution in [2.75, 3.05) is 0 Å². The Morgan fingerprint density at radius 3 is 1.83 bits per heavy atom. The van der Waals surface area contributed by atoms with Gasteiger partial charge in [0, 0.05) is 6.08 Å². The van der Waals surface area contributed by atoms with Gasteiger partial charge in [0.15, 0.2) is 0 Å². The fourth-order valence-electron chi connectivity index (χ4n) is 0.352. The Bertz CT molecular complexity index is 261. The molecule has 0 fully saturated rings. The molecule has 0 saturated heterocycles. The SMILES string of the molecule is O=C(O)C=CC=CC(=O)C(=O)O. The molecule has 0 spiro atoms. The second kappa shape index (κ2) is 4.84. The van der Waals surface area contributed by atoms with Crippen LogP contribution in [0.3, 0.4) is 0 Å². The summed E-state index contributed by atoms with van der Waals surface area (Å²) in [6.07, 6.45) is 3.65. The van der Waals surface area contributed by atoms with Crippen LogP contribution in [0.1, 0.15) is 0 Å². The van der Waals surface area contributed by atoms with E-state index in [-0.39, 0.29) is 0 Å². The molecular formula is C7H6O5.